The van der Waals surface area contributed by atoms with Gasteiger partial charge in [0.1, 0.15) is 0 Å². The van der Waals surface area contributed by atoms with Gasteiger partial charge in [-0.25, -0.2) is 0 Å². The van der Waals surface area contributed by atoms with Gasteiger partial charge in [-0.2, -0.15) is 0 Å². The highest BCUT2D eigenvalue weighted by Crippen LogP contribution is 2.32. The zero-order chi connectivity index (χ0) is 19.1. The van der Waals surface area contributed by atoms with E-state index in [9.17, 15) is 9.59 Å². The third-order valence-corrected chi connectivity index (χ3v) is 4.51. The zero-order valence-corrected chi connectivity index (χ0v) is 15.4. The van der Waals surface area contributed by atoms with Crippen molar-refractivity contribution in [3.8, 4) is 11.5 Å². The highest BCUT2D eigenvalue weighted by Gasteiger charge is 2.23. The lowest BCUT2D eigenvalue weighted by atomic mass is 10.0. The Morgan fingerprint density at radius 1 is 1.27 bits per heavy atom. The molecule has 1 aromatic carbocycles. The molecule has 5 N–H and O–H groups in total. The summed E-state index contributed by atoms with van der Waals surface area (Å²) in [6, 6.07) is 4.15. The fourth-order valence-electron chi connectivity index (χ4n) is 2.60. The van der Waals surface area contributed by atoms with Crippen molar-refractivity contribution in [3.05, 3.63) is 23.8 Å². The Bertz CT molecular complexity index is 638. The smallest absolute Gasteiger partial charge is 0.237 e. The molecule has 1 heterocycles. The molecule has 2 unspecified atom stereocenters. The van der Waals surface area contributed by atoms with Crippen LogP contribution >= 0.6 is 0 Å². The second kappa shape index (κ2) is 9.51. The Morgan fingerprint density at radius 3 is 2.73 bits per heavy atom. The summed E-state index contributed by atoms with van der Waals surface area (Å²) in [5.41, 5.74) is 11.8. The summed E-state index contributed by atoms with van der Waals surface area (Å²) in [6.45, 7) is 2.79. The van der Waals surface area contributed by atoms with Crippen LogP contribution in [0.5, 0.6) is 11.5 Å². The number of hydrogen-bond acceptors (Lipinski definition) is 7. The molecule has 0 saturated heterocycles. The van der Waals surface area contributed by atoms with Crippen molar-refractivity contribution in [2.24, 2.45) is 11.5 Å². The number of carbonyl (C=O) groups is 2. The van der Waals surface area contributed by atoms with E-state index in [1.807, 2.05) is 0 Å². The third kappa shape index (κ3) is 5.17. The molecule has 2 atom stereocenters. The van der Waals surface area contributed by atoms with E-state index in [4.69, 9.17) is 20.9 Å². The van der Waals surface area contributed by atoms with Crippen LogP contribution in [-0.2, 0) is 4.79 Å². The SMILES string of the molecule is CC(C(=O)c1ccc2c(c1)OCO2)N(C)CNC(=O)C(N)CCCCN. The van der Waals surface area contributed by atoms with Crippen molar-refractivity contribution in [2.75, 3.05) is 27.1 Å². The quantitative estimate of drug-likeness (QED) is 0.313. The van der Waals surface area contributed by atoms with E-state index in [1.54, 1.807) is 37.1 Å². The second-order valence-corrected chi connectivity index (χ2v) is 6.46. The first-order chi connectivity index (χ1) is 12.4. The number of nitrogens with zero attached hydrogens (tertiary/aromatic N) is 1. The van der Waals surface area contributed by atoms with Crippen LogP contribution in [0, 0.1) is 0 Å². The van der Waals surface area contributed by atoms with Gasteiger partial charge in [0, 0.05) is 5.56 Å². The van der Waals surface area contributed by atoms with E-state index in [-0.39, 0.29) is 25.2 Å². The van der Waals surface area contributed by atoms with Crippen molar-refractivity contribution >= 4 is 11.7 Å². The molecule has 8 nitrogen and oxygen atoms in total. The fourth-order valence-corrected chi connectivity index (χ4v) is 2.60. The summed E-state index contributed by atoms with van der Waals surface area (Å²) < 4.78 is 10.6. The number of ether oxygens (including phenoxy) is 2. The number of ketones is 1. The van der Waals surface area contributed by atoms with Gasteiger partial charge in [-0.3, -0.25) is 14.5 Å². The molecule has 1 amide bonds. The van der Waals surface area contributed by atoms with Gasteiger partial charge in [-0.1, -0.05) is 6.42 Å². The van der Waals surface area contributed by atoms with Gasteiger partial charge in [0.15, 0.2) is 17.3 Å². The molecule has 0 aromatic heterocycles. The number of rotatable bonds is 10. The maximum Gasteiger partial charge on any atom is 0.237 e. The monoisotopic (exact) mass is 364 g/mol. The summed E-state index contributed by atoms with van der Waals surface area (Å²) in [4.78, 5) is 26.4. The van der Waals surface area contributed by atoms with Crippen LogP contribution in [0.15, 0.2) is 18.2 Å². The largest absolute Gasteiger partial charge is 0.454 e. The average molecular weight is 364 g/mol. The lowest BCUT2D eigenvalue weighted by molar-refractivity contribution is -0.123. The molecule has 26 heavy (non-hydrogen) atoms. The fraction of sp³-hybridized carbons (Fsp3) is 0.556. The lowest BCUT2D eigenvalue weighted by Gasteiger charge is -2.24. The van der Waals surface area contributed by atoms with Gasteiger partial charge in [0.05, 0.1) is 18.8 Å². The minimum atomic E-state index is -0.560. The van der Waals surface area contributed by atoms with E-state index in [2.05, 4.69) is 5.32 Å². The van der Waals surface area contributed by atoms with Gasteiger partial charge < -0.3 is 26.3 Å². The number of hydrogen-bond donors (Lipinski definition) is 3. The van der Waals surface area contributed by atoms with Crippen LogP contribution in [0.25, 0.3) is 0 Å². The number of nitrogens with two attached hydrogens (primary N) is 2. The number of nitrogens with one attached hydrogen (secondary N) is 1. The number of unbranched alkanes of at least 4 members (excludes halogenated alkanes) is 1. The standard InChI is InChI=1S/C18H28N4O4/c1-12(17(23)13-6-7-15-16(9-13)26-11-25-15)22(2)10-21-18(24)14(20)5-3-4-8-19/h6-7,9,12,14H,3-5,8,10-11,19-20H2,1-2H3,(H,21,24). The Kier molecular flexibility index (Phi) is 7.38. The van der Waals surface area contributed by atoms with Crippen LogP contribution in [0.1, 0.15) is 36.5 Å². The Morgan fingerprint density at radius 2 is 2.00 bits per heavy atom. The highest BCUT2D eigenvalue weighted by atomic mass is 16.7. The van der Waals surface area contributed by atoms with Gasteiger partial charge in [0.2, 0.25) is 12.7 Å². The molecular weight excluding hydrogens is 336 g/mol. The number of carbonyl (C=O) groups excluding carboxylic acids is 2. The first-order valence-corrected chi connectivity index (χ1v) is 8.81. The first-order valence-electron chi connectivity index (χ1n) is 8.81. The van der Waals surface area contributed by atoms with E-state index in [0.717, 1.165) is 12.8 Å². The molecule has 0 bridgehead atoms. The number of fused-ring (bicyclic) bond motifs is 1. The van der Waals surface area contributed by atoms with Crippen LogP contribution in [0.4, 0.5) is 0 Å². The van der Waals surface area contributed by atoms with Crippen molar-refractivity contribution in [1.29, 1.82) is 0 Å². The number of benzene rings is 1. The molecular formula is C18H28N4O4. The normalized spacial score (nSPS) is 15.0. The van der Waals surface area contributed by atoms with Gasteiger partial charge in [-0.05, 0) is 51.6 Å². The van der Waals surface area contributed by atoms with E-state index < -0.39 is 12.1 Å². The Hall–Kier alpha value is -2.16. The van der Waals surface area contributed by atoms with E-state index in [0.29, 0.717) is 30.0 Å². The summed E-state index contributed by atoms with van der Waals surface area (Å²) >= 11 is 0. The number of Topliss-reactive ketones (excluding diaryl/α,β-unsaturated/α-hetero) is 1. The Labute approximate surface area is 153 Å². The molecule has 1 aromatic rings. The maximum atomic E-state index is 12.7. The van der Waals surface area contributed by atoms with Crippen LogP contribution in [-0.4, -0.2) is 55.7 Å². The number of likely N-dealkylation sites (N-methyl/N-ethyl adjacent to an activating group) is 1. The molecule has 2 rings (SSSR count). The summed E-state index contributed by atoms with van der Waals surface area (Å²) in [6.07, 6.45) is 2.26. The predicted molar refractivity (Wildman–Crippen MR) is 98.0 cm³/mol. The lowest BCUT2D eigenvalue weighted by Crippen LogP contribution is -2.48. The van der Waals surface area contributed by atoms with Crippen molar-refractivity contribution in [2.45, 2.75) is 38.3 Å². The third-order valence-electron chi connectivity index (χ3n) is 4.51. The summed E-state index contributed by atoms with van der Waals surface area (Å²) in [5.74, 6) is 0.921. The zero-order valence-electron chi connectivity index (χ0n) is 15.4. The van der Waals surface area contributed by atoms with Crippen LogP contribution < -0.4 is 26.3 Å². The topological polar surface area (TPSA) is 120 Å². The molecule has 0 aliphatic carbocycles. The highest BCUT2D eigenvalue weighted by molar-refractivity contribution is 6.00. The molecule has 0 radical (unpaired) electrons. The molecule has 0 saturated carbocycles. The maximum absolute atomic E-state index is 12.7. The van der Waals surface area contributed by atoms with E-state index in [1.165, 1.54) is 0 Å². The van der Waals surface area contributed by atoms with Crippen molar-refractivity contribution < 1.29 is 19.1 Å². The minimum absolute atomic E-state index is 0.0627. The first kappa shape index (κ1) is 20.2. The molecule has 0 spiro atoms. The Balaban J connectivity index is 1.83. The number of amides is 1. The molecule has 0 fully saturated rings. The molecule has 144 valence electrons. The molecule has 1 aliphatic rings. The predicted octanol–water partition coefficient (Wildman–Crippen LogP) is 0.448. The minimum Gasteiger partial charge on any atom is -0.454 e. The van der Waals surface area contributed by atoms with Gasteiger partial charge >= 0.3 is 0 Å². The van der Waals surface area contributed by atoms with Crippen molar-refractivity contribution in [1.82, 2.24) is 10.2 Å². The molecule has 8 heteroatoms. The molecule has 1 aliphatic heterocycles. The van der Waals surface area contributed by atoms with Crippen LogP contribution in [0.3, 0.4) is 0 Å². The van der Waals surface area contributed by atoms with Crippen molar-refractivity contribution in [3.63, 3.8) is 0 Å². The second-order valence-electron chi connectivity index (χ2n) is 6.46. The average Bonchev–Trinajstić information content (AvgIpc) is 3.12. The summed E-state index contributed by atoms with van der Waals surface area (Å²) in [7, 11) is 1.77. The van der Waals surface area contributed by atoms with Crippen LogP contribution in [0.2, 0.25) is 0 Å². The van der Waals surface area contributed by atoms with E-state index >= 15 is 0 Å². The van der Waals surface area contributed by atoms with Gasteiger partial charge in [0.25, 0.3) is 0 Å². The van der Waals surface area contributed by atoms with Gasteiger partial charge in [-0.15, -0.1) is 0 Å². The summed E-state index contributed by atoms with van der Waals surface area (Å²) in [5, 5.41) is 2.77.